The van der Waals surface area contributed by atoms with Crippen molar-refractivity contribution < 1.29 is 14.6 Å². The molecule has 0 aliphatic rings. The van der Waals surface area contributed by atoms with Crippen molar-refractivity contribution in [2.24, 2.45) is 0 Å². The predicted octanol–water partition coefficient (Wildman–Crippen LogP) is 2.76. The van der Waals surface area contributed by atoms with Crippen molar-refractivity contribution in [3.63, 3.8) is 0 Å². The number of aromatic carboxylic acids is 1. The van der Waals surface area contributed by atoms with E-state index in [0.717, 1.165) is 0 Å². The van der Waals surface area contributed by atoms with Crippen LogP contribution in [-0.4, -0.2) is 24.3 Å². The van der Waals surface area contributed by atoms with Gasteiger partial charge in [-0.05, 0) is 12.1 Å². The topological polar surface area (TPSA) is 46.5 Å². The number of rotatable bonds is 5. The predicted molar refractivity (Wildman–Crippen MR) is 64.6 cm³/mol. The Balaban J connectivity index is 0.000000293. The van der Waals surface area contributed by atoms with Crippen molar-refractivity contribution in [1.29, 1.82) is 0 Å². The van der Waals surface area contributed by atoms with Crippen LogP contribution in [0.3, 0.4) is 0 Å². The van der Waals surface area contributed by atoms with Crippen molar-refractivity contribution in [2.45, 2.75) is 0 Å². The molecule has 0 saturated carbocycles. The Morgan fingerprint density at radius 3 is 2.00 bits per heavy atom. The molecule has 0 heterocycles. The quantitative estimate of drug-likeness (QED) is 0.613. The van der Waals surface area contributed by atoms with Gasteiger partial charge >= 0.3 is 5.97 Å². The van der Waals surface area contributed by atoms with Crippen molar-refractivity contribution in [1.82, 2.24) is 0 Å². The summed E-state index contributed by atoms with van der Waals surface area (Å²) in [6.07, 6.45) is 3.42. The van der Waals surface area contributed by atoms with Crippen LogP contribution >= 0.6 is 0 Å². The maximum absolute atomic E-state index is 10.2. The summed E-state index contributed by atoms with van der Waals surface area (Å²) in [7, 11) is 0. The van der Waals surface area contributed by atoms with Crippen LogP contribution in [0.5, 0.6) is 0 Å². The first-order valence-corrected chi connectivity index (χ1v) is 4.80. The van der Waals surface area contributed by atoms with Crippen LogP contribution in [0, 0.1) is 0 Å². The van der Waals surface area contributed by atoms with Gasteiger partial charge in [0.15, 0.2) is 0 Å². The third kappa shape index (κ3) is 7.53. The fraction of sp³-hybridized carbons (Fsp3) is 0.154. The van der Waals surface area contributed by atoms with Gasteiger partial charge in [0.1, 0.15) is 0 Å². The van der Waals surface area contributed by atoms with Gasteiger partial charge in [0.2, 0.25) is 0 Å². The number of carboxylic acids is 1. The van der Waals surface area contributed by atoms with Gasteiger partial charge in [0.05, 0.1) is 18.8 Å². The standard InChI is InChI=1S/C7H6O2.C6H10O/c8-7(9)6-4-2-1-3-5-6;1-3-5-7-6-4-2/h1-5H,(H,8,9);3-4H,1-2,5-6H2. The van der Waals surface area contributed by atoms with E-state index in [0.29, 0.717) is 18.8 Å². The van der Waals surface area contributed by atoms with Crippen LogP contribution in [0.4, 0.5) is 0 Å². The maximum atomic E-state index is 10.2. The molecule has 1 N–H and O–H groups in total. The highest BCUT2D eigenvalue weighted by atomic mass is 16.5. The van der Waals surface area contributed by atoms with E-state index in [1.165, 1.54) is 0 Å². The Morgan fingerprint density at radius 2 is 1.69 bits per heavy atom. The fourth-order valence-electron chi connectivity index (χ4n) is 0.815. The normalized spacial score (nSPS) is 8.50. The molecule has 0 saturated heterocycles. The Hall–Kier alpha value is -1.87. The third-order valence-corrected chi connectivity index (χ3v) is 1.49. The molecule has 0 aliphatic carbocycles. The summed E-state index contributed by atoms with van der Waals surface area (Å²) in [5.41, 5.74) is 0.331. The Morgan fingerprint density at radius 1 is 1.19 bits per heavy atom. The average molecular weight is 220 g/mol. The second-order valence-corrected chi connectivity index (χ2v) is 2.79. The Bertz CT molecular complexity index is 309. The van der Waals surface area contributed by atoms with Crippen molar-refractivity contribution in [3.8, 4) is 0 Å². The lowest BCUT2D eigenvalue weighted by molar-refractivity contribution is 0.0697. The summed E-state index contributed by atoms with van der Waals surface area (Å²) in [5, 5.41) is 8.38. The van der Waals surface area contributed by atoms with Crippen LogP contribution in [0.2, 0.25) is 0 Å². The highest BCUT2D eigenvalue weighted by molar-refractivity contribution is 5.87. The highest BCUT2D eigenvalue weighted by Gasteiger charge is 1.96. The van der Waals surface area contributed by atoms with Crippen LogP contribution in [0.15, 0.2) is 55.6 Å². The lowest BCUT2D eigenvalue weighted by Crippen LogP contribution is -1.93. The molecule has 0 aromatic heterocycles. The summed E-state index contributed by atoms with van der Waals surface area (Å²) in [4.78, 5) is 10.2. The molecule has 16 heavy (non-hydrogen) atoms. The molecule has 0 unspecified atom stereocenters. The zero-order valence-corrected chi connectivity index (χ0v) is 9.13. The van der Waals surface area contributed by atoms with E-state index in [2.05, 4.69) is 13.2 Å². The Kier molecular flexibility index (Phi) is 8.55. The molecule has 3 nitrogen and oxygen atoms in total. The molecule has 0 spiro atoms. The minimum absolute atomic E-state index is 0.331. The van der Waals surface area contributed by atoms with E-state index >= 15 is 0 Å². The largest absolute Gasteiger partial charge is 0.478 e. The number of carbonyl (C=O) groups is 1. The summed E-state index contributed by atoms with van der Waals surface area (Å²) in [6.45, 7) is 8.18. The van der Waals surface area contributed by atoms with Crippen LogP contribution in [0.25, 0.3) is 0 Å². The lowest BCUT2D eigenvalue weighted by Gasteiger charge is -1.89. The second kappa shape index (κ2) is 9.68. The van der Waals surface area contributed by atoms with Crippen LogP contribution in [-0.2, 0) is 4.74 Å². The molecule has 0 bridgehead atoms. The zero-order chi connectivity index (χ0) is 12.2. The third-order valence-electron chi connectivity index (χ3n) is 1.49. The highest BCUT2D eigenvalue weighted by Crippen LogP contribution is 1.96. The first kappa shape index (κ1) is 14.1. The van der Waals surface area contributed by atoms with Crippen LogP contribution in [0.1, 0.15) is 10.4 Å². The molecule has 0 aliphatic heterocycles. The van der Waals surface area contributed by atoms with Crippen molar-refractivity contribution in [2.75, 3.05) is 13.2 Å². The van der Waals surface area contributed by atoms with E-state index in [1.807, 2.05) is 0 Å². The molecular formula is C13H16O3. The minimum Gasteiger partial charge on any atom is -0.478 e. The van der Waals surface area contributed by atoms with Gasteiger partial charge < -0.3 is 9.84 Å². The summed E-state index contributed by atoms with van der Waals surface area (Å²) < 4.78 is 4.90. The van der Waals surface area contributed by atoms with E-state index in [9.17, 15) is 4.79 Å². The van der Waals surface area contributed by atoms with Gasteiger partial charge in [0.25, 0.3) is 0 Å². The fourth-order valence-corrected chi connectivity index (χ4v) is 0.815. The number of benzene rings is 1. The van der Waals surface area contributed by atoms with E-state index in [4.69, 9.17) is 9.84 Å². The molecule has 0 fully saturated rings. The SMILES string of the molecule is C=CCOCC=C.O=C(O)c1ccccc1. The summed E-state index contributed by atoms with van der Waals surface area (Å²) in [6, 6.07) is 8.30. The molecule has 0 atom stereocenters. The number of carboxylic acid groups (broad SMARTS) is 1. The molecule has 3 heteroatoms. The van der Waals surface area contributed by atoms with E-state index in [1.54, 1.807) is 42.5 Å². The monoisotopic (exact) mass is 220 g/mol. The molecular weight excluding hydrogens is 204 g/mol. The summed E-state index contributed by atoms with van der Waals surface area (Å²) >= 11 is 0. The van der Waals surface area contributed by atoms with E-state index in [-0.39, 0.29) is 0 Å². The zero-order valence-electron chi connectivity index (χ0n) is 9.13. The second-order valence-electron chi connectivity index (χ2n) is 2.79. The minimum atomic E-state index is -0.879. The molecule has 0 amide bonds. The number of hydrogen-bond donors (Lipinski definition) is 1. The van der Waals surface area contributed by atoms with Gasteiger partial charge in [0, 0.05) is 0 Å². The van der Waals surface area contributed by atoms with Gasteiger partial charge in [-0.3, -0.25) is 0 Å². The van der Waals surface area contributed by atoms with Crippen molar-refractivity contribution >= 4 is 5.97 Å². The molecule has 1 aromatic carbocycles. The summed E-state index contributed by atoms with van der Waals surface area (Å²) in [5.74, 6) is -0.879. The molecule has 0 radical (unpaired) electrons. The van der Waals surface area contributed by atoms with Crippen LogP contribution < -0.4 is 0 Å². The smallest absolute Gasteiger partial charge is 0.335 e. The first-order chi connectivity index (χ1) is 7.72. The van der Waals surface area contributed by atoms with Crippen molar-refractivity contribution in [3.05, 3.63) is 61.2 Å². The number of hydrogen-bond acceptors (Lipinski definition) is 2. The molecule has 1 rings (SSSR count). The van der Waals surface area contributed by atoms with Gasteiger partial charge in [-0.1, -0.05) is 30.4 Å². The Labute approximate surface area is 95.7 Å². The van der Waals surface area contributed by atoms with E-state index < -0.39 is 5.97 Å². The maximum Gasteiger partial charge on any atom is 0.335 e. The van der Waals surface area contributed by atoms with Gasteiger partial charge in [-0.25, -0.2) is 4.79 Å². The lowest BCUT2D eigenvalue weighted by atomic mass is 10.2. The first-order valence-electron chi connectivity index (χ1n) is 4.80. The van der Waals surface area contributed by atoms with Gasteiger partial charge in [-0.2, -0.15) is 0 Å². The molecule has 1 aromatic rings. The molecule has 86 valence electrons. The number of ether oxygens (including phenoxy) is 1. The van der Waals surface area contributed by atoms with Gasteiger partial charge in [-0.15, -0.1) is 13.2 Å². The average Bonchev–Trinajstić information content (AvgIpc) is 2.32.